The van der Waals surface area contributed by atoms with Crippen molar-refractivity contribution in [1.29, 1.82) is 0 Å². The lowest BCUT2D eigenvalue weighted by Gasteiger charge is -2.33. The predicted molar refractivity (Wildman–Crippen MR) is 123 cm³/mol. The first kappa shape index (κ1) is 21.0. The van der Waals surface area contributed by atoms with Gasteiger partial charge in [-0.25, -0.2) is 15.0 Å². The standard InChI is InChI=1S/C24H29N5O2/c1-4-18-19(5-2)27-23-21(26-18)13-17(14-25-23)29-12-8-9-16(15-29)24(30)28-20-10-6-7-11-22(20)31-3/h6-7,10-11,13-14,16H,4-5,8-9,12,15H2,1-3H3,(H,28,30). The minimum atomic E-state index is -0.103. The maximum absolute atomic E-state index is 12.9. The van der Waals surface area contributed by atoms with Gasteiger partial charge in [0, 0.05) is 13.1 Å². The molecule has 1 aromatic carbocycles. The fraction of sp³-hybridized carbons (Fsp3) is 0.417. The Labute approximate surface area is 182 Å². The van der Waals surface area contributed by atoms with E-state index in [-0.39, 0.29) is 11.8 Å². The highest BCUT2D eigenvalue weighted by Crippen LogP contribution is 2.28. The summed E-state index contributed by atoms with van der Waals surface area (Å²) in [6, 6.07) is 9.54. The van der Waals surface area contributed by atoms with E-state index in [4.69, 9.17) is 9.72 Å². The molecule has 7 heteroatoms. The lowest BCUT2D eigenvalue weighted by atomic mass is 9.96. The van der Waals surface area contributed by atoms with E-state index in [1.54, 1.807) is 7.11 Å². The number of amides is 1. The second-order valence-corrected chi connectivity index (χ2v) is 7.84. The summed E-state index contributed by atoms with van der Waals surface area (Å²) >= 11 is 0. The van der Waals surface area contributed by atoms with E-state index in [1.807, 2.05) is 30.5 Å². The number of anilines is 2. The molecule has 162 valence electrons. The molecule has 0 bridgehead atoms. The molecule has 1 fully saturated rings. The topological polar surface area (TPSA) is 80.2 Å². The third kappa shape index (κ3) is 4.45. The fourth-order valence-electron chi connectivity index (χ4n) is 4.15. The third-order valence-electron chi connectivity index (χ3n) is 5.85. The van der Waals surface area contributed by atoms with E-state index in [0.29, 0.717) is 23.6 Å². The number of carbonyl (C=O) groups is 1. The zero-order chi connectivity index (χ0) is 21.8. The lowest BCUT2D eigenvalue weighted by Crippen LogP contribution is -2.40. The van der Waals surface area contributed by atoms with Gasteiger partial charge in [0.1, 0.15) is 11.3 Å². The number of carbonyl (C=O) groups excluding carboxylic acids is 1. The normalized spacial score (nSPS) is 16.4. The van der Waals surface area contributed by atoms with Gasteiger partial charge in [-0.1, -0.05) is 26.0 Å². The molecule has 1 saturated heterocycles. The van der Waals surface area contributed by atoms with Crippen LogP contribution in [0.1, 0.15) is 38.1 Å². The van der Waals surface area contributed by atoms with E-state index >= 15 is 0 Å². The minimum absolute atomic E-state index is 0.0172. The second-order valence-electron chi connectivity index (χ2n) is 7.84. The zero-order valence-electron chi connectivity index (χ0n) is 18.4. The molecule has 3 heterocycles. The number of pyridine rings is 1. The highest BCUT2D eigenvalue weighted by Gasteiger charge is 2.27. The van der Waals surface area contributed by atoms with Crippen LogP contribution in [0.3, 0.4) is 0 Å². The zero-order valence-corrected chi connectivity index (χ0v) is 18.4. The van der Waals surface area contributed by atoms with Gasteiger partial charge in [0.15, 0.2) is 5.65 Å². The van der Waals surface area contributed by atoms with Crippen molar-refractivity contribution in [2.75, 3.05) is 30.4 Å². The Balaban J connectivity index is 1.52. The third-order valence-corrected chi connectivity index (χ3v) is 5.85. The number of para-hydroxylation sites is 2. The van der Waals surface area contributed by atoms with Crippen LogP contribution in [0.2, 0.25) is 0 Å². The van der Waals surface area contributed by atoms with Crippen molar-refractivity contribution in [1.82, 2.24) is 15.0 Å². The molecule has 4 rings (SSSR count). The van der Waals surface area contributed by atoms with Gasteiger partial charge in [0.25, 0.3) is 0 Å². The Bertz CT molecular complexity index is 1080. The maximum atomic E-state index is 12.9. The molecule has 0 aliphatic carbocycles. The molecule has 1 aliphatic heterocycles. The molecule has 1 aliphatic rings. The van der Waals surface area contributed by atoms with Crippen molar-refractivity contribution >= 4 is 28.4 Å². The molecular weight excluding hydrogens is 390 g/mol. The number of hydrogen-bond acceptors (Lipinski definition) is 6. The van der Waals surface area contributed by atoms with Crippen molar-refractivity contribution in [2.45, 2.75) is 39.5 Å². The van der Waals surface area contributed by atoms with Gasteiger partial charge in [-0.3, -0.25) is 4.79 Å². The summed E-state index contributed by atoms with van der Waals surface area (Å²) in [7, 11) is 1.61. The van der Waals surface area contributed by atoms with Crippen molar-refractivity contribution in [2.24, 2.45) is 5.92 Å². The van der Waals surface area contributed by atoms with E-state index < -0.39 is 0 Å². The van der Waals surface area contributed by atoms with Gasteiger partial charge in [0.05, 0.1) is 42.0 Å². The first-order valence-electron chi connectivity index (χ1n) is 11.0. The molecule has 0 saturated carbocycles. The summed E-state index contributed by atoms with van der Waals surface area (Å²) in [4.78, 5) is 29.2. The Hall–Kier alpha value is -3.22. The van der Waals surface area contributed by atoms with E-state index in [1.165, 1.54) is 0 Å². The molecule has 0 spiro atoms. The first-order chi connectivity index (χ1) is 15.1. The number of nitrogens with one attached hydrogen (secondary N) is 1. The van der Waals surface area contributed by atoms with Crippen molar-refractivity contribution in [3.63, 3.8) is 0 Å². The van der Waals surface area contributed by atoms with Crippen LogP contribution in [0.4, 0.5) is 11.4 Å². The summed E-state index contributed by atoms with van der Waals surface area (Å²) < 4.78 is 5.35. The van der Waals surface area contributed by atoms with Crippen LogP contribution in [-0.4, -0.2) is 41.1 Å². The Morgan fingerprint density at radius 1 is 1.19 bits per heavy atom. The molecule has 0 radical (unpaired) electrons. The summed E-state index contributed by atoms with van der Waals surface area (Å²) in [6.07, 6.45) is 5.36. The Kier molecular flexibility index (Phi) is 6.30. The van der Waals surface area contributed by atoms with Crippen molar-refractivity contribution < 1.29 is 9.53 Å². The van der Waals surface area contributed by atoms with Crippen LogP contribution < -0.4 is 15.0 Å². The average molecular weight is 420 g/mol. The van der Waals surface area contributed by atoms with Gasteiger partial charge >= 0.3 is 0 Å². The SMILES string of the molecule is CCc1nc2cc(N3CCCC(C(=O)Nc4ccccc4OC)C3)cnc2nc1CC. The Morgan fingerprint density at radius 3 is 2.74 bits per heavy atom. The highest BCUT2D eigenvalue weighted by atomic mass is 16.5. The van der Waals surface area contributed by atoms with Crippen LogP contribution in [0.5, 0.6) is 5.75 Å². The largest absolute Gasteiger partial charge is 0.495 e. The molecule has 1 N–H and O–H groups in total. The summed E-state index contributed by atoms with van der Waals surface area (Å²) in [5, 5.41) is 3.03. The lowest BCUT2D eigenvalue weighted by molar-refractivity contribution is -0.120. The predicted octanol–water partition coefficient (Wildman–Crippen LogP) is 4.01. The smallest absolute Gasteiger partial charge is 0.229 e. The number of hydrogen-bond donors (Lipinski definition) is 1. The number of benzene rings is 1. The van der Waals surface area contributed by atoms with Gasteiger partial charge in [0.2, 0.25) is 5.91 Å². The second kappa shape index (κ2) is 9.29. The van der Waals surface area contributed by atoms with Crippen LogP contribution in [0.25, 0.3) is 11.2 Å². The molecule has 7 nitrogen and oxygen atoms in total. The van der Waals surface area contributed by atoms with Gasteiger partial charge in [-0.05, 0) is 43.9 Å². The number of piperidine rings is 1. The minimum Gasteiger partial charge on any atom is -0.495 e. The fourth-order valence-corrected chi connectivity index (χ4v) is 4.15. The van der Waals surface area contributed by atoms with Gasteiger partial charge in [-0.2, -0.15) is 0 Å². The number of aromatic nitrogens is 3. The molecule has 2 aromatic heterocycles. The Morgan fingerprint density at radius 2 is 1.97 bits per heavy atom. The van der Waals surface area contributed by atoms with E-state index in [0.717, 1.165) is 54.8 Å². The van der Waals surface area contributed by atoms with Crippen molar-refractivity contribution in [3.05, 3.63) is 47.9 Å². The van der Waals surface area contributed by atoms with E-state index in [9.17, 15) is 4.79 Å². The number of aryl methyl sites for hydroxylation is 2. The molecule has 31 heavy (non-hydrogen) atoms. The van der Waals surface area contributed by atoms with Gasteiger partial charge < -0.3 is 15.0 Å². The summed E-state index contributed by atoms with van der Waals surface area (Å²) in [5.41, 5.74) is 5.23. The van der Waals surface area contributed by atoms with Crippen LogP contribution in [0, 0.1) is 5.92 Å². The molecular formula is C24H29N5O2. The number of methoxy groups -OCH3 is 1. The number of fused-ring (bicyclic) bond motifs is 1. The van der Waals surface area contributed by atoms with Crippen molar-refractivity contribution in [3.8, 4) is 5.75 Å². The van der Waals surface area contributed by atoms with Crippen LogP contribution in [-0.2, 0) is 17.6 Å². The number of ether oxygens (including phenoxy) is 1. The molecule has 3 aromatic rings. The molecule has 1 amide bonds. The highest BCUT2D eigenvalue weighted by molar-refractivity contribution is 5.94. The summed E-state index contributed by atoms with van der Waals surface area (Å²) in [6.45, 7) is 5.73. The number of nitrogens with zero attached hydrogens (tertiary/aromatic N) is 4. The monoisotopic (exact) mass is 419 g/mol. The average Bonchev–Trinajstić information content (AvgIpc) is 2.83. The van der Waals surface area contributed by atoms with Gasteiger partial charge in [-0.15, -0.1) is 0 Å². The quantitative estimate of drug-likeness (QED) is 0.650. The number of rotatable bonds is 6. The van der Waals surface area contributed by atoms with Crippen LogP contribution >= 0.6 is 0 Å². The van der Waals surface area contributed by atoms with E-state index in [2.05, 4.69) is 40.1 Å². The van der Waals surface area contributed by atoms with Crippen LogP contribution in [0.15, 0.2) is 36.5 Å². The maximum Gasteiger partial charge on any atom is 0.229 e. The first-order valence-corrected chi connectivity index (χ1v) is 11.0. The molecule has 1 unspecified atom stereocenters. The molecule has 1 atom stereocenters. The summed E-state index contributed by atoms with van der Waals surface area (Å²) in [5.74, 6) is 0.580.